The normalized spacial score (nSPS) is 38.3. The van der Waals surface area contributed by atoms with E-state index in [0.29, 0.717) is 0 Å². The van der Waals surface area contributed by atoms with Crippen molar-refractivity contribution in [3.05, 3.63) is 0 Å². The fourth-order valence-electron chi connectivity index (χ4n) is 6.72. The average molecular weight is 365 g/mol. The highest BCUT2D eigenvalue weighted by Gasteiger charge is 2.44. The van der Waals surface area contributed by atoms with Gasteiger partial charge in [-0.3, -0.25) is 0 Å². The Labute approximate surface area is 161 Å². The smallest absolute Gasteiger partial charge is 0.0436 e. The van der Waals surface area contributed by atoms with Gasteiger partial charge in [0.05, 0.1) is 0 Å². The summed E-state index contributed by atoms with van der Waals surface area (Å²) in [5.41, 5.74) is 2.29. The van der Waals surface area contributed by atoms with Crippen LogP contribution in [-0.4, -0.2) is 8.80 Å². The lowest BCUT2D eigenvalue weighted by Crippen LogP contribution is -2.42. The van der Waals surface area contributed by atoms with Gasteiger partial charge in [-0.05, 0) is 59.4 Å². The van der Waals surface area contributed by atoms with Crippen LogP contribution in [0.25, 0.3) is 0 Å². The van der Waals surface area contributed by atoms with Gasteiger partial charge in [0.15, 0.2) is 0 Å². The monoisotopic (exact) mass is 364 g/mol. The molecule has 0 bridgehead atoms. The highest BCUT2D eigenvalue weighted by atomic mass is 28.3. The van der Waals surface area contributed by atoms with E-state index in [1.165, 1.54) is 38.5 Å². The van der Waals surface area contributed by atoms with Crippen molar-refractivity contribution < 1.29 is 0 Å². The van der Waals surface area contributed by atoms with Crippen LogP contribution in [0.3, 0.4) is 0 Å². The molecule has 0 saturated heterocycles. The molecule has 0 aromatic carbocycles. The molecule has 25 heavy (non-hydrogen) atoms. The van der Waals surface area contributed by atoms with Gasteiger partial charge in [-0.2, -0.15) is 0 Å². The maximum atomic E-state index is 2.55. The van der Waals surface area contributed by atoms with Gasteiger partial charge < -0.3 is 0 Å². The Balaban J connectivity index is 2.27. The Hall–Kier alpha value is 0.217. The summed E-state index contributed by atoms with van der Waals surface area (Å²) in [6, 6.07) is 1.65. The Morgan fingerprint density at radius 1 is 0.760 bits per heavy atom. The lowest BCUT2D eigenvalue weighted by atomic mass is 9.76. The second-order valence-corrected chi connectivity index (χ2v) is 14.4. The topological polar surface area (TPSA) is 0 Å². The first-order valence-corrected chi connectivity index (χ1v) is 14.0. The van der Waals surface area contributed by atoms with Gasteiger partial charge in [0.1, 0.15) is 0 Å². The van der Waals surface area contributed by atoms with Crippen molar-refractivity contribution in [3.8, 4) is 0 Å². The molecule has 6 atom stereocenters. The van der Waals surface area contributed by atoms with E-state index in [1.807, 2.05) is 0 Å². The third-order valence-corrected chi connectivity index (χ3v) is 12.9. The Morgan fingerprint density at radius 3 is 1.56 bits per heavy atom. The molecule has 0 radical (unpaired) electrons. The van der Waals surface area contributed by atoms with E-state index in [2.05, 4.69) is 48.5 Å². The van der Waals surface area contributed by atoms with Crippen LogP contribution in [0.15, 0.2) is 0 Å². The van der Waals surface area contributed by atoms with Crippen molar-refractivity contribution in [1.29, 1.82) is 0 Å². The zero-order valence-corrected chi connectivity index (χ0v) is 19.7. The molecule has 0 aromatic rings. The number of hydrogen-bond acceptors (Lipinski definition) is 0. The van der Waals surface area contributed by atoms with Gasteiger partial charge in [-0.25, -0.2) is 0 Å². The summed E-state index contributed by atoms with van der Waals surface area (Å²) in [7, 11) is -0.719. The van der Waals surface area contributed by atoms with Gasteiger partial charge in [0.2, 0.25) is 0 Å². The van der Waals surface area contributed by atoms with E-state index in [9.17, 15) is 0 Å². The van der Waals surface area contributed by atoms with Crippen molar-refractivity contribution >= 4 is 8.80 Å². The van der Waals surface area contributed by atoms with Crippen LogP contribution in [0.4, 0.5) is 0 Å². The van der Waals surface area contributed by atoms with Gasteiger partial charge in [-0.1, -0.05) is 93.0 Å². The summed E-state index contributed by atoms with van der Waals surface area (Å²) in [4.78, 5) is 0. The van der Waals surface area contributed by atoms with E-state index in [1.54, 1.807) is 18.9 Å². The first-order chi connectivity index (χ1) is 11.8. The Bertz CT molecular complexity index is 342. The minimum atomic E-state index is -0.719. The maximum Gasteiger partial charge on any atom is 0.0436 e. The maximum absolute atomic E-state index is 2.55. The molecule has 0 spiro atoms. The molecular weight excluding hydrogens is 316 g/mol. The third-order valence-electron chi connectivity index (χ3n) is 8.14. The fourth-order valence-corrected chi connectivity index (χ4v) is 13.3. The van der Waals surface area contributed by atoms with E-state index in [0.717, 1.165) is 46.6 Å². The standard InChI is InChI=1S/C24H48Si/c1-8-9-14-25(23-15-19(6)10-12-21(23)17(2)3)24-16-20(7)11-13-22(24)18(4)5/h17-25H,8-16H2,1-7H3. The zero-order valence-electron chi connectivity index (χ0n) is 18.6. The quantitative estimate of drug-likeness (QED) is 0.402. The lowest BCUT2D eigenvalue weighted by molar-refractivity contribution is 0.207. The van der Waals surface area contributed by atoms with Crippen LogP contribution >= 0.6 is 0 Å². The van der Waals surface area contributed by atoms with Gasteiger partial charge in [-0.15, -0.1) is 0 Å². The van der Waals surface area contributed by atoms with Crippen LogP contribution in [0.2, 0.25) is 17.1 Å². The zero-order chi connectivity index (χ0) is 18.6. The lowest BCUT2D eigenvalue weighted by Gasteiger charge is -2.49. The Kier molecular flexibility index (Phi) is 8.57. The molecule has 0 aromatic heterocycles. The van der Waals surface area contributed by atoms with Gasteiger partial charge >= 0.3 is 0 Å². The molecule has 0 heterocycles. The first kappa shape index (κ1) is 21.5. The van der Waals surface area contributed by atoms with E-state index in [-0.39, 0.29) is 0 Å². The Morgan fingerprint density at radius 2 is 1.20 bits per heavy atom. The van der Waals surface area contributed by atoms with Crippen molar-refractivity contribution in [2.45, 2.75) is 117 Å². The molecule has 2 aliphatic rings. The molecular formula is C24H48Si. The molecule has 2 fully saturated rings. The SMILES string of the molecule is CCCC[SiH](C1CC(C)CCC1C(C)C)C1CC(C)CCC1C(C)C. The first-order valence-electron chi connectivity index (χ1n) is 11.8. The molecule has 148 valence electrons. The van der Waals surface area contributed by atoms with E-state index < -0.39 is 8.80 Å². The van der Waals surface area contributed by atoms with Crippen LogP contribution in [-0.2, 0) is 0 Å². The molecule has 2 rings (SSSR count). The van der Waals surface area contributed by atoms with Gasteiger partial charge in [0, 0.05) is 8.80 Å². The third kappa shape index (κ3) is 5.60. The molecule has 2 saturated carbocycles. The second kappa shape index (κ2) is 9.95. The van der Waals surface area contributed by atoms with Crippen LogP contribution < -0.4 is 0 Å². The summed E-state index contributed by atoms with van der Waals surface area (Å²) < 4.78 is 0. The number of unbranched alkanes of at least 4 members (excludes halogenated alkanes) is 1. The minimum absolute atomic E-state index is 0.719. The van der Waals surface area contributed by atoms with E-state index in [4.69, 9.17) is 0 Å². The van der Waals surface area contributed by atoms with Crippen molar-refractivity contribution in [2.75, 3.05) is 0 Å². The summed E-state index contributed by atoms with van der Waals surface area (Å²) in [5.74, 6) is 5.91. The largest absolute Gasteiger partial charge is 0.0654 e. The van der Waals surface area contributed by atoms with E-state index >= 15 is 0 Å². The van der Waals surface area contributed by atoms with Crippen LogP contribution in [0, 0.1) is 35.5 Å². The summed E-state index contributed by atoms with van der Waals surface area (Å²) in [6.45, 7) is 17.6. The highest BCUT2D eigenvalue weighted by Crippen LogP contribution is 2.53. The average Bonchev–Trinajstić information content (AvgIpc) is 2.55. The summed E-state index contributed by atoms with van der Waals surface area (Å²) in [5, 5.41) is 0. The molecule has 0 nitrogen and oxygen atoms in total. The van der Waals surface area contributed by atoms with Crippen molar-refractivity contribution in [3.63, 3.8) is 0 Å². The summed E-state index contributed by atoms with van der Waals surface area (Å²) >= 11 is 0. The van der Waals surface area contributed by atoms with Crippen LogP contribution in [0.1, 0.15) is 99.8 Å². The molecule has 1 heteroatoms. The predicted octanol–water partition coefficient (Wildman–Crippen LogP) is 7.94. The van der Waals surface area contributed by atoms with Crippen LogP contribution in [0.5, 0.6) is 0 Å². The minimum Gasteiger partial charge on any atom is -0.0654 e. The van der Waals surface area contributed by atoms with Gasteiger partial charge in [0.25, 0.3) is 0 Å². The summed E-state index contributed by atoms with van der Waals surface area (Å²) in [6.07, 6.45) is 12.2. The van der Waals surface area contributed by atoms with Crippen molar-refractivity contribution in [2.24, 2.45) is 35.5 Å². The molecule has 0 amide bonds. The predicted molar refractivity (Wildman–Crippen MR) is 117 cm³/mol. The molecule has 0 aliphatic heterocycles. The highest BCUT2D eigenvalue weighted by molar-refractivity contribution is 6.62. The second-order valence-electron chi connectivity index (χ2n) is 10.8. The molecule has 6 unspecified atom stereocenters. The van der Waals surface area contributed by atoms with Crippen molar-refractivity contribution in [1.82, 2.24) is 0 Å². The molecule has 2 aliphatic carbocycles. The fraction of sp³-hybridized carbons (Fsp3) is 1.00. The number of hydrogen-bond donors (Lipinski definition) is 0. The molecule has 0 N–H and O–H groups in total. The number of rotatable bonds is 7.